The quantitative estimate of drug-likeness (QED) is 0.898. The number of alkyl carbamates (subject to hydrolysis) is 1. The minimum atomic E-state index is -0.832. The molecule has 2 rings (SSSR count). The van der Waals surface area contributed by atoms with Gasteiger partial charge in [0.05, 0.1) is 11.2 Å². The summed E-state index contributed by atoms with van der Waals surface area (Å²) in [5.41, 5.74) is -0.675. The van der Waals surface area contributed by atoms with Crippen LogP contribution in [-0.4, -0.2) is 27.3 Å². The van der Waals surface area contributed by atoms with Gasteiger partial charge in [0.2, 0.25) is 0 Å². The maximum atomic E-state index is 12.2. The van der Waals surface area contributed by atoms with Gasteiger partial charge < -0.3 is 15.2 Å². The third-order valence-electron chi connectivity index (χ3n) is 3.99. The fourth-order valence-electron chi connectivity index (χ4n) is 2.98. The maximum Gasteiger partial charge on any atom is 0.408 e. The van der Waals surface area contributed by atoms with Crippen molar-refractivity contribution in [2.75, 3.05) is 0 Å². The van der Waals surface area contributed by atoms with Crippen molar-refractivity contribution in [1.29, 1.82) is 0 Å². The molecule has 0 bridgehead atoms. The molecule has 0 aliphatic heterocycles. The lowest BCUT2D eigenvalue weighted by Crippen LogP contribution is -2.55. The molecule has 1 aromatic rings. The Labute approximate surface area is 132 Å². The predicted molar refractivity (Wildman–Crippen MR) is 84.4 cm³/mol. The van der Waals surface area contributed by atoms with Crippen LogP contribution in [0.5, 0.6) is 0 Å². The van der Waals surface area contributed by atoms with Crippen LogP contribution in [-0.2, 0) is 4.74 Å². The van der Waals surface area contributed by atoms with Crippen LogP contribution in [0.25, 0.3) is 0 Å². The van der Waals surface area contributed by atoms with Crippen molar-refractivity contribution in [3.05, 3.63) is 30.1 Å². The second-order valence-corrected chi connectivity index (χ2v) is 7.00. The SMILES string of the molecule is CC(C)(C)OC(=O)NC1(C(O)c2ccccn2)CCCCC1. The second-order valence-electron chi connectivity index (χ2n) is 7.00. The van der Waals surface area contributed by atoms with E-state index in [-0.39, 0.29) is 0 Å². The number of ether oxygens (including phenoxy) is 1. The van der Waals surface area contributed by atoms with Gasteiger partial charge in [-0.25, -0.2) is 4.79 Å². The number of carbonyl (C=O) groups is 1. The highest BCUT2D eigenvalue weighted by Crippen LogP contribution is 2.38. The van der Waals surface area contributed by atoms with Crippen molar-refractivity contribution < 1.29 is 14.6 Å². The number of nitrogens with zero attached hydrogens (tertiary/aromatic N) is 1. The van der Waals surface area contributed by atoms with Crippen molar-refractivity contribution >= 4 is 6.09 Å². The lowest BCUT2D eigenvalue weighted by atomic mass is 9.76. The zero-order chi connectivity index (χ0) is 16.2. The number of hydrogen-bond acceptors (Lipinski definition) is 4. The third-order valence-corrected chi connectivity index (χ3v) is 3.99. The molecule has 22 heavy (non-hydrogen) atoms. The Balaban J connectivity index is 2.19. The molecule has 5 heteroatoms. The van der Waals surface area contributed by atoms with Gasteiger partial charge in [-0.15, -0.1) is 0 Å². The Bertz CT molecular complexity index is 490. The van der Waals surface area contributed by atoms with E-state index in [9.17, 15) is 9.90 Å². The zero-order valence-corrected chi connectivity index (χ0v) is 13.6. The summed E-state index contributed by atoms with van der Waals surface area (Å²) >= 11 is 0. The zero-order valence-electron chi connectivity index (χ0n) is 13.6. The molecule has 1 atom stereocenters. The van der Waals surface area contributed by atoms with E-state index in [4.69, 9.17) is 4.74 Å². The maximum absolute atomic E-state index is 12.2. The molecule has 2 N–H and O–H groups in total. The van der Waals surface area contributed by atoms with Gasteiger partial charge in [-0.05, 0) is 45.7 Å². The van der Waals surface area contributed by atoms with Gasteiger partial charge in [-0.3, -0.25) is 4.98 Å². The predicted octanol–water partition coefficient (Wildman–Crippen LogP) is 3.34. The molecule has 5 nitrogen and oxygen atoms in total. The molecule has 1 heterocycles. The van der Waals surface area contributed by atoms with E-state index in [2.05, 4.69) is 10.3 Å². The van der Waals surface area contributed by atoms with E-state index in [1.807, 2.05) is 32.9 Å². The molecule has 1 amide bonds. The van der Waals surface area contributed by atoms with Crippen LogP contribution in [0.2, 0.25) is 0 Å². The van der Waals surface area contributed by atoms with Crippen LogP contribution in [0, 0.1) is 0 Å². The van der Waals surface area contributed by atoms with Crippen molar-refractivity contribution in [1.82, 2.24) is 10.3 Å². The van der Waals surface area contributed by atoms with E-state index in [0.29, 0.717) is 5.69 Å². The first kappa shape index (κ1) is 16.7. The van der Waals surface area contributed by atoms with Gasteiger partial charge in [0, 0.05) is 6.20 Å². The summed E-state index contributed by atoms with van der Waals surface area (Å²) in [5, 5.41) is 13.7. The van der Waals surface area contributed by atoms with Gasteiger partial charge in [-0.2, -0.15) is 0 Å². The Hall–Kier alpha value is -1.62. The average molecular weight is 306 g/mol. The third kappa shape index (κ3) is 4.19. The molecule has 0 spiro atoms. The van der Waals surface area contributed by atoms with Gasteiger partial charge >= 0.3 is 6.09 Å². The smallest absolute Gasteiger partial charge is 0.408 e. The Morgan fingerprint density at radius 2 is 2.00 bits per heavy atom. The number of pyridine rings is 1. The molecule has 1 aliphatic rings. The average Bonchev–Trinajstić information content (AvgIpc) is 2.46. The lowest BCUT2D eigenvalue weighted by molar-refractivity contribution is 0.00539. The first-order valence-corrected chi connectivity index (χ1v) is 7.93. The van der Waals surface area contributed by atoms with E-state index in [0.717, 1.165) is 32.1 Å². The van der Waals surface area contributed by atoms with Crippen molar-refractivity contribution in [2.45, 2.75) is 70.1 Å². The van der Waals surface area contributed by atoms with E-state index in [1.165, 1.54) is 0 Å². The summed E-state index contributed by atoms with van der Waals surface area (Å²) in [6.07, 6.45) is 4.86. The summed E-state index contributed by atoms with van der Waals surface area (Å²) in [4.78, 5) is 16.4. The van der Waals surface area contributed by atoms with Crippen molar-refractivity contribution in [2.24, 2.45) is 0 Å². The highest BCUT2D eigenvalue weighted by atomic mass is 16.6. The number of rotatable bonds is 3. The molecule has 1 saturated carbocycles. The van der Waals surface area contributed by atoms with Gasteiger partial charge in [0.1, 0.15) is 11.7 Å². The summed E-state index contributed by atoms with van der Waals surface area (Å²) in [7, 11) is 0. The monoisotopic (exact) mass is 306 g/mol. The molecule has 122 valence electrons. The summed E-state index contributed by atoms with van der Waals surface area (Å²) in [5.74, 6) is 0. The van der Waals surface area contributed by atoms with Gasteiger partial charge in [0.15, 0.2) is 0 Å². The van der Waals surface area contributed by atoms with Crippen molar-refractivity contribution in [3.63, 3.8) is 0 Å². The Morgan fingerprint density at radius 1 is 1.32 bits per heavy atom. The Kier molecular flexibility index (Phi) is 5.06. The Morgan fingerprint density at radius 3 is 2.55 bits per heavy atom. The van der Waals surface area contributed by atoms with Crippen LogP contribution in [0.1, 0.15) is 64.7 Å². The summed E-state index contributed by atoms with van der Waals surface area (Å²) in [6.45, 7) is 5.49. The van der Waals surface area contributed by atoms with Crippen molar-refractivity contribution in [3.8, 4) is 0 Å². The largest absolute Gasteiger partial charge is 0.444 e. The highest BCUT2D eigenvalue weighted by Gasteiger charge is 2.42. The molecule has 1 unspecified atom stereocenters. The van der Waals surface area contributed by atoms with Crippen LogP contribution < -0.4 is 5.32 Å². The van der Waals surface area contributed by atoms with Crippen LogP contribution in [0.3, 0.4) is 0 Å². The number of aromatic nitrogens is 1. The first-order chi connectivity index (χ1) is 10.3. The number of carbonyl (C=O) groups excluding carboxylic acids is 1. The number of amides is 1. The second kappa shape index (κ2) is 6.65. The number of aliphatic hydroxyl groups excluding tert-OH is 1. The van der Waals surface area contributed by atoms with Crippen LogP contribution in [0.15, 0.2) is 24.4 Å². The summed E-state index contributed by atoms with van der Waals surface area (Å²) < 4.78 is 5.37. The van der Waals surface area contributed by atoms with E-state index < -0.39 is 23.3 Å². The number of aliphatic hydroxyl groups is 1. The molecular weight excluding hydrogens is 280 g/mol. The fourth-order valence-corrected chi connectivity index (χ4v) is 2.98. The number of hydrogen-bond donors (Lipinski definition) is 2. The van der Waals surface area contributed by atoms with Gasteiger partial charge in [-0.1, -0.05) is 25.3 Å². The minimum Gasteiger partial charge on any atom is -0.444 e. The highest BCUT2D eigenvalue weighted by molar-refractivity contribution is 5.69. The normalized spacial score (nSPS) is 19.3. The lowest BCUT2D eigenvalue weighted by Gasteiger charge is -2.41. The topological polar surface area (TPSA) is 71.5 Å². The standard InChI is InChI=1S/C17H26N2O3/c1-16(2,3)22-15(21)19-17(10-6-4-7-11-17)14(20)13-9-5-8-12-18-13/h5,8-9,12,14,20H,4,6-7,10-11H2,1-3H3,(H,19,21). The molecular formula is C17H26N2O3. The summed E-state index contributed by atoms with van der Waals surface area (Å²) in [6, 6.07) is 5.44. The molecule has 1 aromatic heterocycles. The fraction of sp³-hybridized carbons (Fsp3) is 0.647. The molecule has 0 saturated heterocycles. The van der Waals surface area contributed by atoms with Gasteiger partial charge in [0.25, 0.3) is 0 Å². The molecule has 1 fully saturated rings. The van der Waals surface area contributed by atoms with Crippen LogP contribution in [0.4, 0.5) is 4.79 Å². The van der Waals surface area contributed by atoms with E-state index >= 15 is 0 Å². The first-order valence-electron chi connectivity index (χ1n) is 7.93. The van der Waals surface area contributed by atoms with E-state index in [1.54, 1.807) is 12.3 Å². The number of nitrogens with one attached hydrogen (secondary N) is 1. The molecule has 0 aromatic carbocycles. The van der Waals surface area contributed by atoms with Crippen LogP contribution >= 0.6 is 0 Å². The molecule has 1 aliphatic carbocycles. The minimum absolute atomic E-state index is 0.482. The molecule has 0 radical (unpaired) electrons.